The summed E-state index contributed by atoms with van der Waals surface area (Å²) in [5.41, 5.74) is 11.8. The van der Waals surface area contributed by atoms with E-state index in [0.29, 0.717) is 0 Å². The normalized spacial score (nSPS) is 10.2. The van der Waals surface area contributed by atoms with Gasteiger partial charge in [0.1, 0.15) is 0 Å². The van der Waals surface area contributed by atoms with Crippen LogP contribution in [0.3, 0.4) is 0 Å². The Morgan fingerprint density at radius 3 is 1.03 bits per heavy atom. The first-order chi connectivity index (χ1) is 15.7. The van der Waals surface area contributed by atoms with E-state index in [1.165, 1.54) is 46.2 Å². The van der Waals surface area contributed by atoms with Gasteiger partial charge in [0.15, 0.2) is 0 Å². The van der Waals surface area contributed by atoms with Gasteiger partial charge in [-0.25, -0.2) is 0 Å². The Labute approximate surface area is 200 Å². The van der Waals surface area contributed by atoms with Crippen LogP contribution >= 0.6 is 0 Å². The lowest BCUT2D eigenvalue weighted by atomic mass is 9.96. The van der Waals surface area contributed by atoms with Crippen LogP contribution in [0.5, 0.6) is 0 Å². The van der Waals surface area contributed by atoms with E-state index in [1.54, 1.807) is 11.1 Å². The highest BCUT2D eigenvalue weighted by Gasteiger charge is 2.27. The Morgan fingerprint density at radius 1 is 0.438 bits per heavy atom. The summed E-state index contributed by atoms with van der Waals surface area (Å²) in [4.78, 5) is 0. The summed E-state index contributed by atoms with van der Waals surface area (Å²) >= 11 is 0. The van der Waals surface area contributed by atoms with Gasteiger partial charge >= 0.3 is 0 Å². The highest BCUT2D eigenvalue weighted by molar-refractivity contribution is 5.86. The van der Waals surface area contributed by atoms with Gasteiger partial charge < -0.3 is 0 Å². The van der Waals surface area contributed by atoms with Crippen molar-refractivity contribution >= 4 is 0 Å². The number of benzene rings is 3. The summed E-state index contributed by atoms with van der Waals surface area (Å²) in [5.74, 6) is 0. The number of hydrogen-bond acceptors (Lipinski definition) is 0. The van der Waals surface area contributed by atoms with Crippen LogP contribution in [0, 0.1) is 0 Å². The second-order valence-electron chi connectivity index (χ2n) is 7.20. The largest absolute Gasteiger partial charge is 0.0683 e. The maximum absolute atomic E-state index is 2.32. The van der Waals surface area contributed by atoms with Crippen LogP contribution in [0.1, 0.15) is 104 Å². The van der Waals surface area contributed by atoms with Gasteiger partial charge in [-0.15, -0.1) is 0 Å². The molecule has 0 heterocycles. The highest BCUT2D eigenvalue weighted by atomic mass is 14.3. The van der Waals surface area contributed by atoms with Gasteiger partial charge in [-0.3, -0.25) is 0 Å². The van der Waals surface area contributed by atoms with Gasteiger partial charge in [0.25, 0.3) is 0 Å². The molecule has 3 aromatic carbocycles. The lowest BCUT2D eigenvalue weighted by molar-refractivity contribution is 1.09. The molecule has 2 aliphatic carbocycles. The Balaban J connectivity index is 0.000000694. The molecule has 0 amide bonds. The zero-order valence-electron chi connectivity index (χ0n) is 22.6. The van der Waals surface area contributed by atoms with Crippen molar-refractivity contribution in [3.05, 3.63) is 82.9 Å². The molecule has 0 unspecified atom stereocenters. The van der Waals surface area contributed by atoms with Crippen LogP contribution in [0.15, 0.2) is 60.7 Å². The lowest BCUT2D eigenvalue weighted by Crippen LogP contribution is -1.90. The standard InChI is InChI=1S/C20H14.2C3H8.3C2H6/c1-3-7-15-13(5-1)11-19-17(15)9-10-18-16-8-4-2-6-14(16)12-20(18)19;2*1-3-2;3*1-2/h1-10H,11-12H2;2*3H2,1-2H3;3*1-2H3. The topological polar surface area (TPSA) is 0 Å². The SMILES string of the molecule is CC.CC.CC.CCC.CCC.c1ccc2c(c1)Cc1c-2ccc2c1Cc1ccccc1-2. The molecular formula is C32H48. The molecule has 0 nitrogen and oxygen atoms in total. The smallest absolute Gasteiger partial charge is 0.00104 e. The molecule has 0 fully saturated rings. The predicted molar refractivity (Wildman–Crippen MR) is 149 cm³/mol. The van der Waals surface area contributed by atoms with Crippen molar-refractivity contribution in [3.8, 4) is 22.3 Å². The van der Waals surface area contributed by atoms with Gasteiger partial charge in [0.2, 0.25) is 0 Å². The molecule has 0 aromatic heterocycles. The molecule has 5 rings (SSSR count). The van der Waals surface area contributed by atoms with Gasteiger partial charge in [-0.2, -0.15) is 0 Å². The quantitative estimate of drug-likeness (QED) is 0.228. The van der Waals surface area contributed by atoms with Gasteiger partial charge in [0.05, 0.1) is 0 Å². The van der Waals surface area contributed by atoms with Crippen molar-refractivity contribution in [1.29, 1.82) is 0 Å². The van der Waals surface area contributed by atoms with E-state index in [0.717, 1.165) is 12.8 Å². The van der Waals surface area contributed by atoms with Crippen molar-refractivity contribution in [3.63, 3.8) is 0 Å². The first-order valence-corrected chi connectivity index (χ1v) is 13.1. The third-order valence-corrected chi connectivity index (χ3v) is 4.78. The highest BCUT2D eigenvalue weighted by Crippen LogP contribution is 2.46. The minimum Gasteiger partial charge on any atom is -0.0683 e. The minimum absolute atomic E-state index is 1.10. The molecule has 0 spiro atoms. The van der Waals surface area contributed by atoms with Crippen molar-refractivity contribution in [1.82, 2.24) is 0 Å². The molecule has 3 aromatic rings. The molecule has 2 aliphatic rings. The van der Waals surface area contributed by atoms with Crippen molar-refractivity contribution in [2.45, 2.75) is 94.9 Å². The van der Waals surface area contributed by atoms with Gasteiger partial charge in [-0.05, 0) is 57.3 Å². The molecule has 0 atom stereocenters. The van der Waals surface area contributed by atoms with E-state index >= 15 is 0 Å². The molecule has 32 heavy (non-hydrogen) atoms. The van der Waals surface area contributed by atoms with Crippen LogP contribution in [0.25, 0.3) is 22.3 Å². The number of fused-ring (bicyclic) bond motifs is 7. The number of rotatable bonds is 0. The van der Waals surface area contributed by atoms with Crippen molar-refractivity contribution < 1.29 is 0 Å². The summed E-state index contributed by atoms with van der Waals surface area (Å²) in [5, 5.41) is 0. The molecule has 0 saturated heterocycles. The first-order valence-electron chi connectivity index (χ1n) is 13.1. The number of hydrogen-bond donors (Lipinski definition) is 0. The molecule has 176 valence electrons. The summed E-state index contributed by atoms with van der Waals surface area (Å²) in [7, 11) is 0. The van der Waals surface area contributed by atoms with Gasteiger partial charge in [0, 0.05) is 0 Å². The molecular weight excluding hydrogens is 384 g/mol. The average Bonchev–Trinajstić information content (AvgIpc) is 3.42. The molecule has 0 radical (unpaired) electrons. The second kappa shape index (κ2) is 17.2. The third-order valence-electron chi connectivity index (χ3n) is 4.78. The van der Waals surface area contributed by atoms with Crippen LogP contribution < -0.4 is 0 Å². The fraction of sp³-hybridized carbons (Fsp3) is 0.438. The van der Waals surface area contributed by atoms with Crippen LogP contribution in [0.2, 0.25) is 0 Å². The molecule has 0 bridgehead atoms. The monoisotopic (exact) mass is 432 g/mol. The van der Waals surface area contributed by atoms with Crippen LogP contribution in [-0.4, -0.2) is 0 Å². The Bertz CT molecular complexity index is 812. The first kappa shape index (κ1) is 29.7. The predicted octanol–water partition coefficient (Wildman–Crippen LogP) is 10.7. The van der Waals surface area contributed by atoms with Crippen LogP contribution in [-0.2, 0) is 12.8 Å². The van der Waals surface area contributed by atoms with E-state index < -0.39 is 0 Å². The zero-order valence-corrected chi connectivity index (χ0v) is 22.6. The Morgan fingerprint density at radius 2 is 0.719 bits per heavy atom. The van der Waals surface area contributed by atoms with E-state index in [-0.39, 0.29) is 0 Å². The zero-order chi connectivity index (χ0) is 24.5. The summed E-state index contributed by atoms with van der Waals surface area (Å²) in [6.07, 6.45) is 4.70. The Kier molecular flexibility index (Phi) is 16.0. The van der Waals surface area contributed by atoms with Gasteiger partial charge in [-0.1, -0.05) is 143 Å². The van der Waals surface area contributed by atoms with E-state index in [9.17, 15) is 0 Å². The van der Waals surface area contributed by atoms with E-state index in [1.807, 2.05) is 41.5 Å². The third kappa shape index (κ3) is 7.09. The van der Waals surface area contributed by atoms with Crippen LogP contribution in [0.4, 0.5) is 0 Å². The molecule has 0 aliphatic heterocycles. The fourth-order valence-corrected chi connectivity index (χ4v) is 3.86. The maximum Gasteiger partial charge on any atom is -0.00104 e. The maximum atomic E-state index is 2.32. The Hall–Kier alpha value is -2.34. The average molecular weight is 433 g/mol. The van der Waals surface area contributed by atoms with E-state index in [4.69, 9.17) is 0 Å². The van der Waals surface area contributed by atoms with Crippen molar-refractivity contribution in [2.24, 2.45) is 0 Å². The summed E-state index contributed by atoms with van der Waals surface area (Å²) < 4.78 is 0. The van der Waals surface area contributed by atoms with E-state index in [2.05, 4.69) is 88.4 Å². The second-order valence-corrected chi connectivity index (χ2v) is 7.20. The lowest BCUT2D eigenvalue weighted by Gasteiger charge is -2.07. The summed E-state index contributed by atoms with van der Waals surface area (Å²) in [6, 6.07) is 22.3. The molecule has 0 heteroatoms. The molecule has 0 saturated carbocycles. The summed E-state index contributed by atoms with van der Waals surface area (Å²) in [6.45, 7) is 20.5. The minimum atomic E-state index is 1.10. The molecule has 0 N–H and O–H groups in total. The fourth-order valence-electron chi connectivity index (χ4n) is 3.86. The van der Waals surface area contributed by atoms with Crippen molar-refractivity contribution in [2.75, 3.05) is 0 Å².